The molecule has 0 aromatic heterocycles. The smallest absolute Gasteiger partial charge is 0.294 e. The molecular weight excluding hydrogens is 322 g/mol. The first kappa shape index (κ1) is 16.2. The van der Waals surface area contributed by atoms with Crippen molar-refractivity contribution in [3.63, 3.8) is 0 Å². The Morgan fingerprint density at radius 1 is 1.25 bits per heavy atom. The molecule has 0 unspecified atom stereocenters. The summed E-state index contributed by atoms with van der Waals surface area (Å²) in [5.41, 5.74) is 0.793. The highest BCUT2D eigenvalue weighted by molar-refractivity contribution is 8.18. The van der Waals surface area contributed by atoms with Crippen LogP contribution in [0.25, 0.3) is 16.8 Å². The van der Waals surface area contributed by atoms with Gasteiger partial charge in [-0.3, -0.25) is 14.5 Å². The normalized spacial score (nSPS) is 16.0. The summed E-state index contributed by atoms with van der Waals surface area (Å²) in [5, 5.41) is 1.66. The SMILES string of the molecule is C#CCN1C(=O)S/C(=C\c2c(OCC)ccc3ccccc23)C1=O. The van der Waals surface area contributed by atoms with Crippen molar-refractivity contribution in [2.75, 3.05) is 13.2 Å². The minimum absolute atomic E-state index is 0.0180. The van der Waals surface area contributed by atoms with Crippen LogP contribution in [-0.2, 0) is 4.79 Å². The lowest BCUT2D eigenvalue weighted by atomic mass is 10.0. The largest absolute Gasteiger partial charge is 0.493 e. The maximum Gasteiger partial charge on any atom is 0.294 e. The van der Waals surface area contributed by atoms with Gasteiger partial charge in [0.25, 0.3) is 11.1 Å². The van der Waals surface area contributed by atoms with Gasteiger partial charge in [-0.25, -0.2) is 0 Å². The highest BCUT2D eigenvalue weighted by atomic mass is 32.2. The van der Waals surface area contributed by atoms with Gasteiger partial charge >= 0.3 is 0 Å². The summed E-state index contributed by atoms with van der Waals surface area (Å²) in [7, 11) is 0. The summed E-state index contributed by atoms with van der Waals surface area (Å²) in [6.07, 6.45) is 6.94. The zero-order chi connectivity index (χ0) is 17.1. The molecule has 2 aromatic rings. The number of thioether (sulfide) groups is 1. The Kier molecular flexibility index (Phi) is 4.59. The van der Waals surface area contributed by atoms with Crippen LogP contribution in [0.5, 0.6) is 5.75 Å². The van der Waals surface area contributed by atoms with Crippen LogP contribution in [0.2, 0.25) is 0 Å². The van der Waals surface area contributed by atoms with Crippen LogP contribution in [0.15, 0.2) is 41.3 Å². The molecule has 0 spiro atoms. The summed E-state index contributed by atoms with van der Waals surface area (Å²) < 4.78 is 5.70. The van der Waals surface area contributed by atoms with Crippen LogP contribution < -0.4 is 4.74 Å². The highest BCUT2D eigenvalue weighted by Gasteiger charge is 2.34. The second kappa shape index (κ2) is 6.81. The first-order valence-corrected chi connectivity index (χ1v) is 8.30. The topological polar surface area (TPSA) is 46.6 Å². The van der Waals surface area contributed by atoms with Gasteiger partial charge in [-0.1, -0.05) is 36.3 Å². The first-order chi connectivity index (χ1) is 11.7. The van der Waals surface area contributed by atoms with Crippen molar-refractivity contribution in [3.05, 3.63) is 46.9 Å². The lowest BCUT2D eigenvalue weighted by Crippen LogP contribution is -2.28. The Balaban J connectivity index is 2.12. The molecule has 0 saturated carbocycles. The molecule has 5 heteroatoms. The van der Waals surface area contributed by atoms with E-state index < -0.39 is 0 Å². The second-order valence-electron chi connectivity index (χ2n) is 5.10. The number of carbonyl (C=O) groups is 2. The lowest BCUT2D eigenvalue weighted by Gasteiger charge is -2.11. The molecule has 24 heavy (non-hydrogen) atoms. The number of hydrogen-bond acceptors (Lipinski definition) is 4. The Morgan fingerprint density at radius 2 is 2.04 bits per heavy atom. The molecule has 0 bridgehead atoms. The van der Waals surface area contributed by atoms with E-state index in [1.165, 1.54) is 0 Å². The van der Waals surface area contributed by atoms with E-state index in [1.807, 2.05) is 43.3 Å². The lowest BCUT2D eigenvalue weighted by molar-refractivity contribution is -0.122. The van der Waals surface area contributed by atoms with Gasteiger partial charge in [0.15, 0.2) is 0 Å². The number of amides is 2. The Morgan fingerprint density at radius 3 is 2.79 bits per heavy atom. The van der Waals surface area contributed by atoms with Crippen LogP contribution in [0, 0.1) is 12.3 Å². The molecule has 1 fully saturated rings. The molecule has 2 amide bonds. The Labute approximate surface area is 144 Å². The zero-order valence-corrected chi connectivity index (χ0v) is 13.9. The monoisotopic (exact) mass is 337 g/mol. The summed E-state index contributed by atoms with van der Waals surface area (Å²) >= 11 is 0.899. The van der Waals surface area contributed by atoms with Crippen molar-refractivity contribution in [3.8, 4) is 18.1 Å². The summed E-state index contributed by atoms with van der Waals surface area (Å²) in [5.74, 6) is 2.65. The van der Waals surface area contributed by atoms with Crippen molar-refractivity contribution in [2.45, 2.75) is 6.92 Å². The maximum atomic E-state index is 12.4. The number of ether oxygens (including phenoxy) is 1. The third-order valence-electron chi connectivity index (χ3n) is 3.63. The maximum absolute atomic E-state index is 12.4. The van der Waals surface area contributed by atoms with Crippen molar-refractivity contribution in [1.29, 1.82) is 0 Å². The number of fused-ring (bicyclic) bond motifs is 1. The third-order valence-corrected chi connectivity index (χ3v) is 4.54. The molecule has 120 valence electrons. The molecule has 0 aliphatic carbocycles. The number of imide groups is 1. The van der Waals surface area contributed by atoms with E-state index in [1.54, 1.807) is 6.08 Å². The van der Waals surface area contributed by atoms with Crippen molar-refractivity contribution < 1.29 is 14.3 Å². The number of benzene rings is 2. The van der Waals surface area contributed by atoms with Gasteiger partial charge in [0.1, 0.15) is 5.75 Å². The predicted molar refractivity (Wildman–Crippen MR) is 96.6 cm³/mol. The molecule has 0 N–H and O–H groups in total. The average molecular weight is 337 g/mol. The minimum atomic E-state index is -0.363. The summed E-state index contributed by atoms with van der Waals surface area (Å²) in [6.45, 7) is 2.40. The molecule has 0 radical (unpaired) electrons. The van der Waals surface area contributed by atoms with E-state index in [0.717, 1.165) is 33.0 Å². The second-order valence-corrected chi connectivity index (χ2v) is 6.10. The molecule has 1 aliphatic heterocycles. The Hall–Kier alpha value is -2.71. The van der Waals surface area contributed by atoms with Crippen LogP contribution >= 0.6 is 11.8 Å². The van der Waals surface area contributed by atoms with Gasteiger partial charge in [0, 0.05) is 5.56 Å². The van der Waals surface area contributed by atoms with Gasteiger partial charge in [-0.2, -0.15) is 0 Å². The van der Waals surface area contributed by atoms with E-state index in [2.05, 4.69) is 5.92 Å². The number of carbonyl (C=O) groups excluding carboxylic acids is 2. The van der Waals surface area contributed by atoms with Gasteiger partial charge in [-0.05, 0) is 41.6 Å². The molecule has 3 rings (SSSR count). The van der Waals surface area contributed by atoms with Gasteiger partial charge in [0.2, 0.25) is 0 Å². The van der Waals surface area contributed by atoms with Gasteiger partial charge in [0.05, 0.1) is 18.1 Å². The molecule has 1 aliphatic rings. The number of hydrogen-bond donors (Lipinski definition) is 0. The zero-order valence-electron chi connectivity index (χ0n) is 13.1. The van der Waals surface area contributed by atoms with E-state index in [-0.39, 0.29) is 17.7 Å². The van der Waals surface area contributed by atoms with E-state index in [4.69, 9.17) is 11.2 Å². The fourth-order valence-electron chi connectivity index (χ4n) is 2.56. The number of nitrogens with zero attached hydrogens (tertiary/aromatic N) is 1. The summed E-state index contributed by atoms with van der Waals surface area (Å²) in [4.78, 5) is 25.8. The number of rotatable bonds is 4. The first-order valence-electron chi connectivity index (χ1n) is 7.49. The quantitative estimate of drug-likeness (QED) is 0.627. The summed E-state index contributed by atoms with van der Waals surface area (Å²) in [6, 6.07) is 11.7. The molecular formula is C19H15NO3S. The standard InChI is InChI=1S/C19H15NO3S/c1-3-11-20-18(21)17(24-19(20)22)12-15-14-8-6-5-7-13(14)9-10-16(15)23-4-2/h1,5-10,12H,4,11H2,2H3/b17-12-. The van der Waals surface area contributed by atoms with Gasteiger partial charge in [-0.15, -0.1) is 6.42 Å². The molecule has 1 heterocycles. The van der Waals surface area contributed by atoms with E-state index in [9.17, 15) is 9.59 Å². The van der Waals surface area contributed by atoms with Crippen LogP contribution in [0.3, 0.4) is 0 Å². The van der Waals surface area contributed by atoms with Crippen LogP contribution in [0.1, 0.15) is 12.5 Å². The molecule has 4 nitrogen and oxygen atoms in total. The van der Waals surface area contributed by atoms with E-state index >= 15 is 0 Å². The number of terminal acetylenes is 1. The van der Waals surface area contributed by atoms with Crippen LogP contribution in [-0.4, -0.2) is 29.2 Å². The minimum Gasteiger partial charge on any atom is -0.493 e. The molecule has 2 aromatic carbocycles. The van der Waals surface area contributed by atoms with E-state index in [0.29, 0.717) is 17.3 Å². The van der Waals surface area contributed by atoms with Crippen molar-refractivity contribution >= 4 is 39.8 Å². The highest BCUT2D eigenvalue weighted by Crippen LogP contribution is 2.36. The van der Waals surface area contributed by atoms with Crippen LogP contribution in [0.4, 0.5) is 4.79 Å². The Bertz CT molecular complexity index is 895. The predicted octanol–water partition coefficient (Wildman–Crippen LogP) is 3.91. The molecule has 0 atom stereocenters. The van der Waals surface area contributed by atoms with Crippen molar-refractivity contribution in [2.24, 2.45) is 0 Å². The van der Waals surface area contributed by atoms with Crippen molar-refractivity contribution in [1.82, 2.24) is 4.90 Å². The fraction of sp³-hybridized carbons (Fsp3) is 0.158. The fourth-order valence-corrected chi connectivity index (χ4v) is 3.38. The molecule has 1 saturated heterocycles. The average Bonchev–Trinajstić information content (AvgIpc) is 2.85. The van der Waals surface area contributed by atoms with Gasteiger partial charge < -0.3 is 4.74 Å². The third kappa shape index (κ3) is 2.89.